The van der Waals surface area contributed by atoms with Crippen LogP contribution in [0.5, 0.6) is 0 Å². The third-order valence-electron chi connectivity index (χ3n) is 4.83. The van der Waals surface area contributed by atoms with Crippen molar-refractivity contribution in [1.29, 1.82) is 0 Å². The van der Waals surface area contributed by atoms with Gasteiger partial charge in [0.1, 0.15) is 5.01 Å². The minimum Gasteiger partial charge on any atom is -0.339 e. The summed E-state index contributed by atoms with van der Waals surface area (Å²) in [5.74, 6) is 0.619. The SMILES string of the molecule is O=C(Cc1csc(-c2cccc(Br)c2)n1)N1CCN(C(=O)C2CC2)CC1. The zero-order valence-electron chi connectivity index (χ0n) is 14.4. The van der Waals surface area contributed by atoms with Crippen LogP contribution in [0, 0.1) is 5.92 Å². The molecule has 26 heavy (non-hydrogen) atoms. The molecule has 0 spiro atoms. The maximum atomic E-state index is 12.6. The molecule has 4 rings (SSSR count). The molecular formula is C19H20BrN3O2S. The lowest BCUT2D eigenvalue weighted by atomic mass is 10.2. The second kappa shape index (κ2) is 7.48. The quantitative estimate of drug-likeness (QED) is 0.743. The standard InChI is InChI=1S/C19H20BrN3O2S/c20-15-3-1-2-14(10-15)18-21-16(12-26-18)11-17(24)22-6-8-23(9-7-22)19(25)13-4-5-13/h1-3,10,12-13H,4-9,11H2. The van der Waals surface area contributed by atoms with Crippen LogP contribution in [0.2, 0.25) is 0 Å². The summed E-state index contributed by atoms with van der Waals surface area (Å²) in [6.45, 7) is 2.56. The van der Waals surface area contributed by atoms with E-state index in [0.717, 1.165) is 33.6 Å². The fourth-order valence-electron chi connectivity index (χ4n) is 3.17. The van der Waals surface area contributed by atoms with Gasteiger partial charge < -0.3 is 9.80 Å². The first-order chi connectivity index (χ1) is 12.6. The number of hydrogen-bond acceptors (Lipinski definition) is 4. The number of halogens is 1. The van der Waals surface area contributed by atoms with Gasteiger partial charge in [-0.3, -0.25) is 9.59 Å². The number of amides is 2. The fourth-order valence-corrected chi connectivity index (χ4v) is 4.39. The first-order valence-electron chi connectivity index (χ1n) is 8.87. The monoisotopic (exact) mass is 433 g/mol. The van der Waals surface area contributed by atoms with E-state index in [2.05, 4.69) is 20.9 Å². The lowest BCUT2D eigenvalue weighted by molar-refractivity contribution is -0.140. The van der Waals surface area contributed by atoms with E-state index in [9.17, 15) is 9.59 Å². The van der Waals surface area contributed by atoms with Gasteiger partial charge in [0.15, 0.2) is 0 Å². The summed E-state index contributed by atoms with van der Waals surface area (Å²) in [4.78, 5) is 33.1. The number of rotatable bonds is 4. The van der Waals surface area contributed by atoms with Crippen molar-refractivity contribution in [2.24, 2.45) is 5.92 Å². The highest BCUT2D eigenvalue weighted by Crippen LogP contribution is 2.31. The van der Waals surface area contributed by atoms with Crippen molar-refractivity contribution >= 4 is 39.1 Å². The summed E-state index contributed by atoms with van der Waals surface area (Å²) in [6, 6.07) is 8.01. The Morgan fingerprint density at radius 3 is 2.58 bits per heavy atom. The molecule has 0 bridgehead atoms. The molecule has 2 heterocycles. The minimum atomic E-state index is 0.0922. The van der Waals surface area contributed by atoms with Gasteiger partial charge in [-0.15, -0.1) is 11.3 Å². The predicted octanol–water partition coefficient (Wildman–Crippen LogP) is 3.20. The third kappa shape index (κ3) is 3.99. The average molecular weight is 434 g/mol. The zero-order valence-corrected chi connectivity index (χ0v) is 16.8. The summed E-state index contributed by atoms with van der Waals surface area (Å²) in [7, 11) is 0. The molecule has 2 aromatic rings. The van der Waals surface area contributed by atoms with E-state index < -0.39 is 0 Å². The lowest BCUT2D eigenvalue weighted by Crippen LogP contribution is -2.51. The molecule has 2 amide bonds. The molecule has 0 N–H and O–H groups in total. The summed E-state index contributed by atoms with van der Waals surface area (Å²) in [6.07, 6.45) is 2.38. The van der Waals surface area contributed by atoms with Gasteiger partial charge in [0.2, 0.25) is 11.8 Å². The summed E-state index contributed by atoms with van der Waals surface area (Å²) < 4.78 is 1.02. The Bertz CT molecular complexity index is 826. The molecular weight excluding hydrogens is 414 g/mol. The van der Waals surface area contributed by atoms with E-state index in [1.807, 2.05) is 39.4 Å². The molecule has 0 atom stereocenters. The predicted molar refractivity (Wildman–Crippen MR) is 105 cm³/mol. The number of carbonyl (C=O) groups is 2. The largest absolute Gasteiger partial charge is 0.339 e. The molecule has 7 heteroatoms. The van der Waals surface area contributed by atoms with Gasteiger partial charge in [-0.1, -0.05) is 28.1 Å². The van der Waals surface area contributed by atoms with Gasteiger partial charge >= 0.3 is 0 Å². The Morgan fingerprint density at radius 1 is 1.15 bits per heavy atom. The molecule has 1 saturated heterocycles. The fraction of sp³-hybridized carbons (Fsp3) is 0.421. The van der Waals surface area contributed by atoms with Crippen LogP contribution in [-0.2, 0) is 16.0 Å². The molecule has 0 radical (unpaired) electrons. The van der Waals surface area contributed by atoms with Gasteiger partial charge in [0, 0.05) is 47.5 Å². The molecule has 1 aliphatic heterocycles. The summed E-state index contributed by atoms with van der Waals surface area (Å²) >= 11 is 5.03. The highest BCUT2D eigenvalue weighted by molar-refractivity contribution is 9.10. The number of aromatic nitrogens is 1. The van der Waals surface area contributed by atoms with E-state index in [1.54, 1.807) is 11.3 Å². The van der Waals surface area contributed by atoms with Crippen LogP contribution in [0.1, 0.15) is 18.5 Å². The van der Waals surface area contributed by atoms with Crippen LogP contribution in [0.25, 0.3) is 10.6 Å². The number of nitrogens with zero attached hydrogens (tertiary/aromatic N) is 3. The second-order valence-electron chi connectivity index (χ2n) is 6.81. The van der Waals surface area contributed by atoms with Crippen molar-refractivity contribution in [3.05, 3.63) is 39.8 Å². The Balaban J connectivity index is 1.33. The van der Waals surface area contributed by atoms with Crippen molar-refractivity contribution in [1.82, 2.24) is 14.8 Å². The highest BCUT2D eigenvalue weighted by atomic mass is 79.9. The molecule has 5 nitrogen and oxygen atoms in total. The van der Waals surface area contributed by atoms with Crippen LogP contribution < -0.4 is 0 Å². The first kappa shape index (κ1) is 17.7. The van der Waals surface area contributed by atoms with E-state index in [1.165, 1.54) is 0 Å². The molecule has 0 unspecified atom stereocenters. The average Bonchev–Trinajstić information content (AvgIpc) is 3.40. The van der Waals surface area contributed by atoms with Crippen LogP contribution in [0.15, 0.2) is 34.1 Å². The van der Waals surface area contributed by atoms with Crippen LogP contribution in [0.3, 0.4) is 0 Å². The first-order valence-corrected chi connectivity index (χ1v) is 10.5. The van der Waals surface area contributed by atoms with Crippen molar-refractivity contribution in [2.75, 3.05) is 26.2 Å². The van der Waals surface area contributed by atoms with Crippen LogP contribution in [-0.4, -0.2) is 52.8 Å². The van der Waals surface area contributed by atoms with Crippen LogP contribution >= 0.6 is 27.3 Å². The number of hydrogen-bond donors (Lipinski definition) is 0. The Kier molecular flexibility index (Phi) is 5.09. The molecule has 2 fully saturated rings. The molecule has 136 valence electrons. The van der Waals surface area contributed by atoms with Crippen molar-refractivity contribution in [3.8, 4) is 10.6 Å². The van der Waals surface area contributed by atoms with Gasteiger partial charge in [0.05, 0.1) is 12.1 Å². The molecule has 1 saturated carbocycles. The molecule has 1 aliphatic carbocycles. The number of benzene rings is 1. The Hall–Kier alpha value is -1.73. The van der Waals surface area contributed by atoms with Crippen molar-refractivity contribution < 1.29 is 9.59 Å². The third-order valence-corrected chi connectivity index (χ3v) is 6.26. The number of carbonyl (C=O) groups excluding carboxylic acids is 2. The number of piperazine rings is 1. The van der Waals surface area contributed by atoms with Gasteiger partial charge in [0.25, 0.3) is 0 Å². The topological polar surface area (TPSA) is 53.5 Å². The van der Waals surface area contributed by atoms with Crippen LogP contribution in [0.4, 0.5) is 0 Å². The lowest BCUT2D eigenvalue weighted by Gasteiger charge is -2.34. The summed E-state index contributed by atoms with van der Waals surface area (Å²) in [5.41, 5.74) is 1.86. The zero-order chi connectivity index (χ0) is 18.1. The van der Waals surface area contributed by atoms with E-state index >= 15 is 0 Å². The van der Waals surface area contributed by atoms with Gasteiger partial charge in [-0.05, 0) is 25.0 Å². The maximum absolute atomic E-state index is 12.6. The van der Waals surface area contributed by atoms with Crippen molar-refractivity contribution in [3.63, 3.8) is 0 Å². The summed E-state index contributed by atoms with van der Waals surface area (Å²) in [5, 5.41) is 2.88. The maximum Gasteiger partial charge on any atom is 0.228 e. The van der Waals surface area contributed by atoms with Gasteiger partial charge in [-0.25, -0.2) is 4.98 Å². The molecule has 1 aromatic heterocycles. The van der Waals surface area contributed by atoms with E-state index in [-0.39, 0.29) is 17.7 Å². The minimum absolute atomic E-state index is 0.0922. The van der Waals surface area contributed by atoms with Crippen molar-refractivity contribution in [2.45, 2.75) is 19.3 Å². The molecule has 2 aliphatic rings. The highest BCUT2D eigenvalue weighted by Gasteiger charge is 2.35. The number of thiazole rings is 1. The van der Waals surface area contributed by atoms with E-state index in [4.69, 9.17) is 0 Å². The normalized spacial score (nSPS) is 17.4. The Labute approximate surface area is 165 Å². The Morgan fingerprint density at radius 2 is 1.88 bits per heavy atom. The van der Waals surface area contributed by atoms with Gasteiger partial charge in [-0.2, -0.15) is 0 Å². The van der Waals surface area contributed by atoms with E-state index in [0.29, 0.717) is 32.6 Å². The smallest absolute Gasteiger partial charge is 0.228 e. The second-order valence-corrected chi connectivity index (χ2v) is 8.59. The molecule has 1 aromatic carbocycles.